The second-order valence-electron chi connectivity index (χ2n) is 3.35. The van der Waals surface area contributed by atoms with Crippen LogP contribution in [0.3, 0.4) is 0 Å². The van der Waals surface area contributed by atoms with Crippen LogP contribution in [-0.4, -0.2) is 5.16 Å². The number of hydrogen-bond donors (Lipinski definition) is 1. The quantitative estimate of drug-likeness (QED) is 0.926. The molecule has 3 nitrogen and oxygen atoms in total. The van der Waals surface area contributed by atoms with E-state index < -0.39 is 0 Å². The van der Waals surface area contributed by atoms with Crippen molar-refractivity contribution in [1.29, 1.82) is 0 Å². The molecule has 0 aliphatic carbocycles. The highest BCUT2D eigenvalue weighted by molar-refractivity contribution is 9.10. The first kappa shape index (κ1) is 10.2. The zero-order valence-electron chi connectivity index (χ0n) is 8.33. The number of aromatic nitrogens is 1. The predicted octanol–water partition coefficient (Wildman–Crippen LogP) is 3.36. The molecule has 2 rings (SSSR count). The number of nitrogens with zero attached hydrogens (tertiary/aromatic N) is 1. The second-order valence-corrected chi connectivity index (χ2v) is 4.20. The van der Waals surface area contributed by atoms with Crippen LogP contribution in [0.1, 0.15) is 11.1 Å². The Hall–Kier alpha value is -1.29. The third-order valence-corrected chi connectivity index (χ3v) is 3.03. The first-order valence-electron chi connectivity index (χ1n) is 4.64. The van der Waals surface area contributed by atoms with Crippen LogP contribution in [0.15, 0.2) is 39.7 Å². The summed E-state index contributed by atoms with van der Waals surface area (Å²) >= 11 is 3.47. The monoisotopic (exact) mass is 266 g/mol. The number of aryl methyl sites for hydroxylation is 1. The minimum Gasteiger partial charge on any atom is -0.381 e. The van der Waals surface area contributed by atoms with Gasteiger partial charge in [-0.3, -0.25) is 0 Å². The van der Waals surface area contributed by atoms with E-state index in [2.05, 4.69) is 39.4 Å². The lowest BCUT2D eigenvalue weighted by atomic mass is 10.2. The van der Waals surface area contributed by atoms with Crippen molar-refractivity contribution in [3.8, 4) is 0 Å². The van der Waals surface area contributed by atoms with Crippen molar-refractivity contribution in [2.45, 2.75) is 13.5 Å². The molecule has 0 spiro atoms. The first-order valence-corrected chi connectivity index (χ1v) is 5.43. The molecule has 1 heterocycles. The molecule has 0 amide bonds. The minimum atomic E-state index is 0.727. The molecular weight excluding hydrogens is 256 g/mol. The molecule has 0 aliphatic heterocycles. The van der Waals surface area contributed by atoms with Gasteiger partial charge in [0.1, 0.15) is 6.26 Å². The number of hydrogen-bond acceptors (Lipinski definition) is 3. The minimum absolute atomic E-state index is 0.727. The van der Waals surface area contributed by atoms with Gasteiger partial charge in [0.2, 0.25) is 0 Å². The number of nitrogens with one attached hydrogen (secondary N) is 1. The summed E-state index contributed by atoms with van der Waals surface area (Å²) in [5.74, 6) is 0. The number of anilines is 1. The van der Waals surface area contributed by atoms with Crippen LogP contribution in [0.2, 0.25) is 0 Å². The Morgan fingerprint density at radius 2 is 2.33 bits per heavy atom. The maximum absolute atomic E-state index is 4.75. The van der Waals surface area contributed by atoms with Gasteiger partial charge in [-0.05, 0) is 30.7 Å². The molecule has 0 unspecified atom stereocenters. The average Bonchev–Trinajstić information content (AvgIpc) is 2.73. The van der Waals surface area contributed by atoms with Gasteiger partial charge >= 0.3 is 0 Å². The van der Waals surface area contributed by atoms with Crippen LogP contribution in [0.4, 0.5) is 5.69 Å². The van der Waals surface area contributed by atoms with Gasteiger partial charge in [0.15, 0.2) is 0 Å². The third kappa shape index (κ3) is 2.59. The van der Waals surface area contributed by atoms with Gasteiger partial charge in [0.05, 0.1) is 6.20 Å². The van der Waals surface area contributed by atoms with Crippen molar-refractivity contribution in [3.05, 3.63) is 46.3 Å². The van der Waals surface area contributed by atoms with Crippen LogP contribution in [0.5, 0.6) is 0 Å². The van der Waals surface area contributed by atoms with E-state index in [0.29, 0.717) is 0 Å². The van der Waals surface area contributed by atoms with E-state index in [1.807, 2.05) is 12.1 Å². The lowest BCUT2D eigenvalue weighted by Gasteiger charge is -2.06. The smallest absolute Gasteiger partial charge is 0.128 e. The standard InChI is InChI=1S/C11H11BrN2O/c1-8-4-10(2-3-11(8)12)13-5-9-6-14-15-7-9/h2-4,6-7,13H,5H2,1H3. The molecule has 1 aromatic heterocycles. The number of halogens is 1. The van der Waals surface area contributed by atoms with Crippen molar-refractivity contribution in [2.75, 3.05) is 5.32 Å². The number of benzene rings is 1. The van der Waals surface area contributed by atoms with E-state index in [4.69, 9.17) is 4.52 Å². The Bertz CT molecular complexity index is 440. The molecule has 15 heavy (non-hydrogen) atoms. The topological polar surface area (TPSA) is 38.1 Å². The van der Waals surface area contributed by atoms with Crippen molar-refractivity contribution < 1.29 is 4.52 Å². The van der Waals surface area contributed by atoms with Crippen molar-refractivity contribution >= 4 is 21.6 Å². The fraction of sp³-hybridized carbons (Fsp3) is 0.182. The second kappa shape index (κ2) is 4.49. The highest BCUT2D eigenvalue weighted by Gasteiger charge is 1.98. The largest absolute Gasteiger partial charge is 0.381 e. The molecule has 0 atom stereocenters. The molecule has 0 radical (unpaired) electrons. The van der Waals surface area contributed by atoms with Gasteiger partial charge < -0.3 is 9.84 Å². The Morgan fingerprint density at radius 3 is 3.00 bits per heavy atom. The highest BCUT2D eigenvalue weighted by atomic mass is 79.9. The maximum Gasteiger partial charge on any atom is 0.128 e. The lowest BCUT2D eigenvalue weighted by Crippen LogP contribution is -1.98. The molecule has 0 saturated carbocycles. The molecule has 78 valence electrons. The first-order chi connectivity index (χ1) is 7.25. The van der Waals surface area contributed by atoms with Gasteiger partial charge in [0.25, 0.3) is 0 Å². The summed E-state index contributed by atoms with van der Waals surface area (Å²) in [5, 5.41) is 6.94. The van der Waals surface area contributed by atoms with Gasteiger partial charge in [0, 0.05) is 22.3 Å². The zero-order chi connectivity index (χ0) is 10.7. The van der Waals surface area contributed by atoms with E-state index >= 15 is 0 Å². The van der Waals surface area contributed by atoms with Crippen LogP contribution < -0.4 is 5.32 Å². The van der Waals surface area contributed by atoms with E-state index in [0.717, 1.165) is 22.3 Å². The molecular formula is C11H11BrN2O. The predicted molar refractivity (Wildman–Crippen MR) is 62.7 cm³/mol. The maximum atomic E-state index is 4.75. The van der Waals surface area contributed by atoms with E-state index in [9.17, 15) is 0 Å². The Labute approximate surface area is 96.6 Å². The van der Waals surface area contributed by atoms with E-state index in [1.165, 1.54) is 5.56 Å². The van der Waals surface area contributed by atoms with Crippen LogP contribution in [0, 0.1) is 6.92 Å². The fourth-order valence-electron chi connectivity index (χ4n) is 1.27. The van der Waals surface area contributed by atoms with Crippen molar-refractivity contribution in [1.82, 2.24) is 5.16 Å². The summed E-state index contributed by atoms with van der Waals surface area (Å²) in [6.45, 7) is 2.79. The van der Waals surface area contributed by atoms with Crippen molar-refractivity contribution in [2.24, 2.45) is 0 Å². The Morgan fingerprint density at radius 1 is 1.47 bits per heavy atom. The molecule has 0 bridgehead atoms. The van der Waals surface area contributed by atoms with E-state index in [-0.39, 0.29) is 0 Å². The summed E-state index contributed by atoms with van der Waals surface area (Å²) in [5.41, 5.74) is 3.35. The summed E-state index contributed by atoms with van der Waals surface area (Å²) in [6, 6.07) is 6.16. The van der Waals surface area contributed by atoms with Crippen LogP contribution in [-0.2, 0) is 6.54 Å². The van der Waals surface area contributed by atoms with Crippen molar-refractivity contribution in [3.63, 3.8) is 0 Å². The molecule has 1 aromatic carbocycles. The molecule has 2 aromatic rings. The van der Waals surface area contributed by atoms with E-state index in [1.54, 1.807) is 12.5 Å². The third-order valence-electron chi connectivity index (χ3n) is 2.14. The summed E-state index contributed by atoms with van der Waals surface area (Å²) in [7, 11) is 0. The van der Waals surface area contributed by atoms with Gasteiger partial charge in [-0.25, -0.2) is 0 Å². The average molecular weight is 267 g/mol. The molecule has 0 aliphatic rings. The summed E-state index contributed by atoms with van der Waals surface area (Å²) < 4.78 is 5.87. The Kier molecular flexibility index (Phi) is 3.06. The SMILES string of the molecule is Cc1cc(NCc2cnoc2)ccc1Br. The van der Waals surface area contributed by atoms with Gasteiger partial charge in [-0.2, -0.15) is 0 Å². The zero-order valence-corrected chi connectivity index (χ0v) is 9.91. The molecule has 1 N–H and O–H groups in total. The Balaban J connectivity index is 2.02. The summed E-state index contributed by atoms with van der Waals surface area (Å²) in [6.07, 6.45) is 3.34. The normalized spacial score (nSPS) is 10.3. The summed E-state index contributed by atoms with van der Waals surface area (Å²) in [4.78, 5) is 0. The van der Waals surface area contributed by atoms with Gasteiger partial charge in [-0.1, -0.05) is 21.1 Å². The molecule has 0 saturated heterocycles. The fourth-order valence-corrected chi connectivity index (χ4v) is 1.52. The molecule has 0 fully saturated rings. The lowest BCUT2D eigenvalue weighted by molar-refractivity contribution is 0.419. The number of rotatable bonds is 3. The van der Waals surface area contributed by atoms with Crippen LogP contribution in [0.25, 0.3) is 0 Å². The highest BCUT2D eigenvalue weighted by Crippen LogP contribution is 2.20. The molecule has 4 heteroatoms. The van der Waals surface area contributed by atoms with Crippen LogP contribution >= 0.6 is 15.9 Å². The van der Waals surface area contributed by atoms with Gasteiger partial charge in [-0.15, -0.1) is 0 Å².